The van der Waals surface area contributed by atoms with Gasteiger partial charge in [0.25, 0.3) is 5.91 Å². The highest BCUT2D eigenvalue weighted by molar-refractivity contribution is 6.34. The summed E-state index contributed by atoms with van der Waals surface area (Å²) in [7, 11) is 0. The second kappa shape index (κ2) is 9.49. The number of halogens is 4. The summed E-state index contributed by atoms with van der Waals surface area (Å²) in [5.41, 5.74) is -2.41. The van der Waals surface area contributed by atoms with Crippen molar-refractivity contribution in [3.05, 3.63) is 86.7 Å². The number of Topliss-reactive ketones (excluding diaryl/α,β-unsaturated/α-hetero) is 2. The molecule has 5 nitrogen and oxygen atoms in total. The van der Waals surface area contributed by atoms with Crippen LogP contribution in [-0.4, -0.2) is 17.5 Å². The number of amides is 1. The van der Waals surface area contributed by atoms with Crippen LogP contribution in [0.15, 0.2) is 36.4 Å². The molecule has 0 spiro atoms. The average molecular weight is 485 g/mol. The van der Waals surface area contributed by atoms with Gasteiger partial charge in [-0.3, -0.25) is 14.4 Å². The summed E-state index contributed by atoms with van der Waals surface area (Å²) in [4.78, 5) is 37.2. The van der Waals surface area contributed by atoms with Crippen LogP contribution in [0.2, 0.25) is 5.02 Å². The van der Waals surface area contributed by atoms with E-state index in [-0.39, 0.29) is 32.8 Å². The maximum Gasteiger partial charge on any atom is 0.257 e. The lowest BCUT2D eigenvalue weighted by Crippen LogP contribution is -2.17. The Balaban J connectivity index is 2.21. The highest BCUT2D eigenvalue weighted by atomic mass is 35.5. The molecule has 0 atom stereocenters. The molecule has 0 bridgehead atoms. The molecule has 0 aliphatic rings. The van der Waals surface area contributed by atoms with Gasteiger partial charge in [0.2, 0.25) is 0 Å². The molecule has 3 rings (SSSR count). The number of hydrogen-bond acceptors (Lipinski definition) is 4. The van der Waals surface area contributed by atoms with Gasteiger partial charge in [-0.1, -0.05) is 17.7 Å². The number of anilines is 1. The second-order valence-corrected chi connectivity index (χ2v) is 7.85. The minimum atomic E-state index is -1.33. The monoisotopic (exact) mass is 484 g/mol. The fourth-order valence-corrected chi connectivity index (χ4v) is 3.82. The summed E-state index contributed by atoms with van der Waals surface area (Å²) in [6.07, 6.45) is 0. The van der Waals surface area contributed by atoms with Gasteiger partial charge in [-0.2, -0.15) is 5.26 Å². The Hall–Kier alpha value is -3.96. The van der Waals surface area contributed by atoms with Crippen LogP contribution < -0.4 is 5.32 Å². The molecule has 0 heterocycles. The lowest BCUT2D eigenvalue weighted by molar-refractivity contribution is 0.100. The van der Waals surface area contributed by atoms with Gasteiger partial charge < -0.3 is 5.32 Å². The molecule has 0 saturated heterocycles. The Morgan fingerprint density at radius 3 is 2.18 bits per heavy atom. The maximum absolute atomic E-state index is 15.6. The van der Waals surface area contributed by atoms with E-state index in [0.29, 0.717) is 0 Å². The Morgan fingerprint density at radius 1 is 0.941 bits per heavy atom. The van der Waals surface area contributed by atoms with Crippen LogP contribution >= 0.6 is 11.6 Å². The molecule has 1 amide bonds. The summed E-state index contributed by atoms with van der Waals surface area (Å²) < 4.78 is 44.8. The molecule has 0 radical (unpaired) electrons. The van der Waals surface area contributed by atoms with Crippen molar-refractivity contribution in [1.82, 2.24) is 0 Å². The van der Waals surface area contributed by atoms with Crippen molar-refractivity contribution >= 4 is 34.8 Å². The van der Waals surface area contributed by atoms with Crippen LogP contribution in [-0.2, 0) is 0 Å². The smallest absolute Gasteiger partial charge is 0.257 e. The first-order chi connectivity index (χ1) is 16.0. The van der Waals surface area contributed by atoms with Gasteiger partial charge >= 0.3 is 0 Å². The molecule has 3 aromatic rings. The third-order valence-corrected chi connectivity index (χ3v) is 5.51. The van der Waals surface area contributed by atoms with E-state index in [1.807, 2.05) is 6.07 Å². The Bertz CT molecular complexity index is 1430. The molecule has 34 heavy (non-hydrogen) atoms. The molecule has 172 valence electrons. The predicted molar refractivity (Wildman–Crippen MR) is 121 cm³/mol. The normalized spacial score (nSPS) is 10.5. The molecule has 0 unspecified atom stereocenters. The summed E-state index contributed by atoms with van der Waals surface area (Å²) in [6.45, 7) is 3.44. The molecular formula is C25H16ClF3N2O3. The fraction of sp³-hybridized carbons (Fsp3) is 0.120. The number of nitriles is 1. The molecule has 0 aliphatic heterocycles. The fourth-order valence-electron chi connectivity index (χ4n) is 3.62. The van der Waals surface area contributed by atoms with Gasteiger partial charge in [0.15, 0.2) is 11.6 Å². The SMILES string of the molecule is CC(=O)c1c(-c2c(F)cc(NC(=O)c3cc(C#N)ccc3Cl)c(C(C)=O)c2F)ccc(F)c1C. The molecule has 0 fully saturated rings. The lowest BCUT2D eigenvalue weighted by Gasteiger charge is -2.17. The minimum absolute atomic E-state index is 0.0219. The Kier molecular flexibility index (Phi) is 6.89. The summed E-state index contributed by atoms with van der Waals surface area (Å²) in [5.74, 6) is -5.62. The topological polar surface area (TPSA) is 87.0 Å². The number of hydrogen-bond donors (Lipinski definition) is 1. The van der Waals surface area contributed by atoms with Gasteiger partial charge in [0.1, 0.15) is 17.5 Å². The quantitative estimate of drug-likeness (QED) is 0.433. The van der Waals surface area contributed by atoms with E-state index in [2.05, 4.69) is 5.32 Å². The molecule has 1 N–H and O–H groups in total. The average Bonchev–Trinajstić information content (AvgIpc) is 2.75. The van der Waals surface area contributed by atoms with Crippen LogP contribution in [0.1, 0.15) is 56.0 Å². The van der Waals surface area contributed by atoms with E-state index in [4.69, 9.17) is 16.9 Å². The number of rotatable bonds is 5. The molecule has 0 aliphatic carbocycles. The Labute approximate surface area is 197 Å². The van der Waals surface area contributed by atoms with Gasteiger partial charge in [-0.05, 0) is 62.2 Å². The van der Waals surface area contributed by atoms with E-state index in [0.717, 1.165) is 32.0 Å². The summed E-state index contributed by atoms with van der Waals surface area (Å²) >= 11 is 6.01. The number of nitrogens with one attached hydrogen (secondary N) is 1. The van der Waals surface area contributed by atoms with Gasteiger partial charge in [-0.15, -0.1) is 0 Å². The minimum Gasteiger partial charge on any atom is -0.321 e. The van der Waals surface area contributed by atoms with E-state index in [1.165, 1.54) is 25.1 Å². The van der Waals surface area contributed by atoms with Crippen molar-refractivity contribution in [2.24, 2.45) is 0 Å². The van der Waals surface area contributed by atoms with Crippen LogP contribution in [0.4, 0.5) is 18.9 Å². The van der Waals surface area contributed by atoms with Crippen LogP contribution in [0.3, 0.4) is 0 Å². The summed E-state index contributed by atoms with van der Waals surface area (Å²) in [6, 6.07) is 8.47. The number of nitrogens with zero attached hydrogens (tertiary/aromatic N) is 1. The van der Waals surface area contributed by atoms with Crippen LogP contribution in [0, 0.1) is 35.7 Å². The number of benzene rings is 3. The first-order valence-electron chi connectivity index (χ1n) is 9.82. The zero-order valence-electron chi connectivity index (χ0n) is 18.1. The van der Waals surface area contributed by atoms with E-state index in [1.54, 1.807) is 0 Å². The molecule has 9 heteroatoms. The molecular weight excluding hydrogens is 469 g/mol. The van der Waals surface area contributed by atoms with Gasteiger partial charge in [0, 0.05) is 5.56 Å². The number of carbonyl (C=O) groups excluding carboxylic acids is 3. The van der Waals surface area contributed by atoms with E-state index >= 15 is 8.78 Å². The van der Waals surface area contributed by atoms with Crippen molar-refractivity contribution in [3.8, 4) is 17.2 Å². The zero-order valence-corrected chi connectivity index (χ0v) is 18.9. The first-order valence-corrected chi connectivity index (χ1v) is 10.2. The van der Waals surface area contributed by atoms with Crippen molar-refractivity contribution in [3.63, 3.8) is 0 Å². The Morgan fingerprint density at radius 2 is 1.59 bits per heavy atom. The highest BCUT2D eigenvalue weighted by Crippen LogP contribution is 2.37. The highest BCUT2D eigenvalue weighted by Gasteiger charge is 2.27. The zero-order chi connectivity index (χ0) is 25.3. The third-order valence-electron chi connectivity index (χ3n) is 5.18. The molecule has 0 saturated carbocycles. The van der Waals surface area contributed by atoms with Crippen molar-refractivity contribution in [2.75, 3.05) is 5.32 Å². The van der Waals surface area contributed by atoms with Gasteiger partial charge in [0.05, 0.1) is 39.0 Å². The molecule has 0 aromatic heterocycles. The maximum atomic E-state index is 15.6. The van der Waals surface area contributed by atoms with Crippen molar-refractivity contribution < 1.29 is 27.6 Å². The lowest BCUT2D eigenvalue weighted by atomic mass is 9.90. The van der Waals surface area contributed by atoms with Gasteiger partial charge in [-0.25, -0.2) is 13.2 Å². The summed E-state index contributed by atoms with van der Waals surface area (Å²) in [5, 5.41) is 11.3. The third kappa shape index (κ3) is 4.43. The van der Waals surface area contributed by atoms with Crippen molar-refractivity contribution in [2.45, 2.75) is 20.8 Å². The van der Waals surface area contributed by atoms with E-state index < -0.39 is 51.7 Å². The number of carbonyl (C=O) groups is 3. The van der Waals surface area contributed by atoms with Crippen LogP contribution in [0.5, 0.6) is 0 Å². The largest absolute Gasteiger partial charge is 0.321 e. The first kappa shape index (κ1) is 24.7. The molecule has 3 aromatic carbocycles. The van der Waals surface area contributed by atoms with Crippen molar-refractivity contribution in [1.29, 1.82) is 5.26 Å². The second-order valence-electron chi connectivity index (χ2n) is 7.44. The van der Waals surface area contributed by atoms with E-state index in [9.17, 15) is 18.8 Å². The standard InChI is InChI=1S/C25H16ClF3N2O3/c1-11-18(27)7-5-15(21(11)12(2)32)23-19(28)9-20(22(13(3)33)24(23)29)31-25(34)16-8-14(10-30)4-6-17(16)26/h4-9H,1-3H3,(H,31,34). The predicted octanol–water partition coefficient (Wildman–Crippen LogP) is 6.26. The van der Waals surface area contributed by atoms with Crippen LogP contribution in [0.25, 0.3) is 11.1 Å². The number of ketones is 2.